The summed E-state index contributed by atoms with van der Waals surface area (Å²) in [7, 11) is 1.53. The minimum atomic E-state index is -0.626. The molecule has 4 aromatic heterocycles. The van der Waals surface area contributed by atoms with Gasteiger partial charge in [-0.2, -0.15) is 0 Å². The first-order valence-corrected chi connectivity index (χ1v) is 12.6. The molecule has 0 amide bonds. The van der Waals surface area contributed by atoms with E-state index in [1.54, 1.807) is 13.1 Å². The highest BCUT2D eigenvalue weighted by Gasteiger charge is 2.18. The second kappa shape index (κ2) is 11.2. The summed E-state index contributed by atoms with van der Waals surface area (Å²) < 4.78 is 11.3. The molecule has 0 spiro atoms. The molecule has 0 unspecified atom stereocenters. The molecule has 1 aromatic carbocycles. The third kappa shape index (κ3) is 5.37. The molecule has 0 atom stereocenters. The lowest BCUT2D eigenvalue weighted by molar-refractivity contribution is 0.388. The van der Waals surface area contributed by atoms with Gasteiger partial charge in [0.1, 0.15) is 5.82 Å². The summed E-state index contributed by atoms with van der Waals surface area (Å²) in [6.07, 6.45) is 7.74. The van der Waals surface area contributed by atoms with Crippen molar-refractivity contribution in [3.05, 3.63) is 98.5 Å². The Morgan fingerprint density at radius 1 is 1.00 bits per heavy atom. The minimum Gasteiger partial charge on any atom is -0.494 e. The molecule has 0 bridgehead atoms. The van der Waals surface area contributed by atoms with Crippen LogP contribution in [-0.4, -0.2) is 41.8 Å². The van der Waals surface area contributed by atoms with Gasteiger partial charge in [0.05, 0.1) is 30.9 Å². The van der Waals surface area contributed by atoms with Gasteiger partial charge < -0.3 is 4.74 Å². The number of aryl methyl sites for hydroxylation is 2. The fraction of sp³-hybridized carbons (Fsp3) is 0.250. The molecule has 0 saturated heterocycles. The number of nitrogens with zero attached hydrogens (tertiary/aromatic N) is 6. The van der Waals surface area contributed by atoms with Gasteiger partial charge in [-0.3, -0.25) is 19.3 Å². The highest BCUT2D eigenvalue weighted by Crippen LogP contribution is 2.28. The first-order chi connectivity index (χ1) is 19.0. The van der Waals surface area contributed by atoms with Crippen molar-refractivity contribution in [2.45, 2.75) is 39.5 Å². The van der Waals surface area contributed by atoms with Gasteiger partial charge in [-0.15, -0.1) is 0 Å². The Kier molecular flexibility index (Phi) is 7.39. The second-order valence-electron chi connectivity index (χ2n) is 8.97. The van der Waals surface area contributed by atoms with Crippen LogP contribution >= 0.6 is 0 Å². The van der Waals surface area contributed by atoms with E-state index in [9.17, 15) is 9.59 Å². The highest BCUT2D eigenvalue weighted by molar-refractivity contribution is 5.78. The zero-order valence-corrected chi connectivity index (χ0v) is 21.8. The van der Waals surface area contributed by atoms with Gasteiger partial charge >= 0.3 is 5.76 Å². The summed E-state index contributed by atoms with van der Waals surface area (Å²) >= 11 is 0. The lowest BCUT2D eigenvalue weighted by Crippen LogP contribution is -2.29. The molecule has 0 radical (unpaired) electrons. The largest absolute Gasteiger partial charge is 0.494 e. The molecular weight excluding hydrogens is 498 g/mol. The van der Waals surface area contributed by atoms with Crippen LogP contribution < -0.4 is 16.1 Å². The number of hydrogen-bond donors (Lipinski definition) is 1. The van der Waals surface area contributed by atoms with E-state index in [1.165, 1.54) is 24.1 Å². The molecule has 5 aromatic rings. The Hall–Kier alpha value is -4.93. The van der Waals surface area contributed by atoms with Gasteiger partial charge in [-0.05, 0) is 31.4 Å². The number of ether oxygens (including phenoxy) is 1. The molecule has 0 saturated carbocycles. The van der Waals surface area contributed by atoms with Gasteiger partial charge in [0.2, 0.25) is 5.95 Å². The Labute approximate surface area is 223 Å². The van der Waals surface area contributed by atoms with E-state index in [1.807, 2.05) is 36.4 Å². The van der Waals surface area contributed by atoms with E-state index >= 15 is 0 Å². The van der Waals surface area contributed by atoms with E-state index in [2.05, 4.69) is 36.5 Å². The number of hydrogen-bond acceptors (Lipinski definition) is 9. The first-order valence-electron chi connectivity index (χ1n) is 12.6. The van der Waals surface area contributed by atoms with E-state index in [4.69, 9.17) is 9.72 Å². The van der Waals surface area contributed by atoms with Crippen LogP contribution in [0.5, 0.6) is 5.75 Å². The van der Waals surface area contributed by atoms with Crippen LogP contribution in [0.1, 0.15) is 42.4 Å². The molecule has 0 aliphatic carbocycles. The molecular formula is C28H27N7O4. The van der Waals surface area contributed by atoms with Crippen molar-refractivity contribution in [1.82, 2.24) is 34.6 Å². The van der Waals surface area contributed by atoms with Crippen LogP contribution in [0, 0.1) is 6.92 Å². The number of aromatic amines is 1. The summed E-state index contributed by atoms with van der Waals surface area (Å²) in [6, 6.07) is 11.3. The topological polar surface area (TPSA) is 142 Å². The molecule has 1 N–H and O–H groups in total. The molecule has 0 aliphatic rings. The summed E-state index contributed by atoms with van der Waals surface area (Å²) in [5, 5.41) is 3.81. The lowest BCUT2D eigenvalue weighted by atomic mass is 10.0. The summed E-state index contributed by atoms with van der Waals surface area (Å²) in [6.45, 7) is 3.89. The van der Waals surface area contributed by atoms with Crippen molar-refractivity contribution in [1.29, 1.82) is 0 Å². The third-order valence-corrected chi connectivity index (χ3v) is 6.35. The second-order valence-corrected chi connectivity index (χ2v) is 8.97. The predicted molar refractivity (Wildman–Crippen MR) is 144 cm³/mol. The number of pyridine rings is 1. The Morgan fingerprint density at radius 3 is 2.41 bits per heavy atom. The average Bonchev–Trinajstić information content (AvgIpc) is 3.40. The number of H-pyrrole nitrogens is 1. The van der Waals surface area contributed by atoms with Crippen molar-refractivity contribution in [2.75, 3.05) is 7.11 Å². The zero-order chi connectivity index (χ0) is 27.4. The third-order valence-electron chi connectivity index (χ3n) is 6.35. The fourth-order valence-electron chi connectivity index (χ4n) is 4.36. The summed E-state index contributed by atoms with van der Waals surface area (Å²) in [5.74, 6) is 0.967. The smallest absolute Gasteiger partial charge is 0.439 e. The maximum Gasteiger partial charge on any atom is 0.439 e. The van der Waals surface area contributed by atoms with Gasteiger partial charge in [-0.25, -0.2) is 24.3 Å². The van der Waals surface area contributed by atoms with Gasteiger partial charge in [-0.1, -0.05) is 48.8 Å². The number of rotatable bonds is 9. The number of benzene rings is 1. The standard InChI is InChI=1S/C28H27N7O4/c1-4-5-10-24-22(26(36)35(17(2)32-24)27-30-15-19(38-3)16-31-27)13-18-11-12-23(29-14-18)20-8-6-7-9-21(20)25-33-28(37)39-34-25/h6-9,11-12,14-16H,4-5,10,13H2,1-3H3,(H,33,34,37). The van der Waals surface area contributed by atoms with Gasteiger partial charge in [0.15, 0.2) is 11.6 Å². The predicted octanol–water partition coefficient (Wildman–Crippen LogP) is 3.68. The number of unbranched alkanes of at least 4 members (excludes halogenated alkanes) is 1. The summed E-state index contributed by atoms with van der Waals surface area (Å²) in [5.41, 5.74) is 4.17. The quantitative estimate of drug-likeness (QED) is 0.305. The van der Waals surface area contributed by atoms with Crippen molar-refractivity contribution < 1.29 is 9.26 Å². The maximum absolute atomic E-state index is 13.8. The monoisotopic (exact) mass is 525 g/mol. The van der Waals surface area contributed by atoms with Crippen LogP contribution in [-0.2, 0) is 12.8 Å². The van der Waals surface area contributed by atoms with Crippen LogP contribution in [0.25, 0.3) is 28.6 Å². The highest BCUT2D eigenvalue weighted by atomic mass is 16.5. The zero-order valence-electron chi connectivity index (χ0n) is 21.8. The van der Waals surface area contributed by atoms with Gasteiger partial charge in [0, 0.05) is 29.3 Å². The van der Waals surface area contributed by atoms with Crippen LogP contribution in [0.3, 0.4) is 0 Å². The van der Waals surface area contributed by atoms with Crippen molar-refractivity contribution >= 4 is 0 Å². The number of methoxy groups -OCH3 is 1. The normalized spacial score (nSPS) is 11.1. The Morgan fingerprint density at radius 2 is 1.77 bits per heavy atom. The van der Waals surface area contributed by atoms with Crippen LogP contribution in [0.2, 0.25) is 0 Å². The van der Waals surface area contributed by atoms with E-state index in [0.29, 0.717) is 47.1 Å². The van der Waals surface area contributed by atoms with Crippen molar-refractivity contribution in [3.63, 3.8) is 0 Å². The fourth-order valence-corrected chi connectivity index (χ4v) is 4.36. The number of aromatic nitrogens is 7. The van der Waals surface area contributed by atoms with Crippen LogP contribution in [0.4, 0.5) is 0 Å². The SMILES string of the molecule is CCCCc1nc(C)n(-c2ncc(OC)cn2)c(=O)c1Cc1ccc(-c2ccccc2-c2noc(=O)[nH]2)nc1. The number of nitrogens with one attached hydrogen (secondary N) is 1. The molecule has 0 aliphatic heterocycles. The Balaban J connectivity index is 1.51. The van der Waals surface area contributed by atoms with E-state index in [-0.39, 0.29) is 11.5 Å². The van der Waals surface area contributed by atoms with Gasteiger partial charge in [0.25, 0.3) is 5.56 Å². The molecule has 0 fully saturated rings. The van der Waals surface area contributed by atoms with E-state index < -0.39 is 5.76 Å². The van der Waals surface area contributed by atoms with E-state index in [0.717, 1.165) is 29.7 Å². The molecule has 11 heteroatoms. The molecule has 4 heterocycles. The minimum absolute atomic E-state index is 0.205. The Bertz CT molecular complexity index is 1700. The molecule has 39 heavy (non-hydrogen) atoms. The van der Waals surface area contributed by atoms with Crippen molar-refractivity contribution in [2.24, 2.45) is 0 Å². The average molecular weight is 526 g/mol. The lowest BCUT2D eigenvalue weighted by Gasteiger charge is -2.15. The van der Waals surface area contributed by atoms with Crippen molar-refractivity contribution in [3.8, 4) is 34.3 Å². The summed E-state index contributed by atoms with van der Waals surface area (Å²) in [4.78, 5) is 45.9. The molecule has 5 rings (SSSR count). The molecule has 198 valence electrons. The maximum atomic E-state index is 13.8. The molecule has 11 nitrogen and oxygen atoms in total. The first kappa shape index (κ1) is 25.7. The van der Waals surface area contributed by atoms with Crippen LogP contribution in [0.15, 0.2) is 69.1 Å².